The summed E-state index contributed by atoms with van der Waals surface area (Å²) in [5.41, 5.74) is 2.38. The summed E-state index contributed by atoms with van der Waals surface area (Å²) in [6.07, 6.45) is 5.50. The Bertz CT molecular complexity index is 981. The highest BCUT2D eigenvalue weighted by molar-refractivity contribution is 5.83. The lowest BCUT2D eigenvalue weighted by molar-refractivity contribution is -0.136. The lowest BCUT2D eigenvalue weighted by Crippen LogP contribution is -2.45. The molecule has 1 amide bonds. The molecule has 0 bridgehead atoms. The van der Waals surface area contributed by atoms with Gasteiger partial charge in [0, 0.05) is 31.5 Å². The van der Waals surface area contributed by atoms with Gasteiger partial charge in [-0.3, -0.25) is 9.48 Å². The van der Waals surface area contributed by atoms with Gasteiger partial charge in [0.25, 0.3) is 0 Å². The van der Waals surface area contributed by atoms with Crippen LogP contribution in [0.2, 0.25) is 0 Å². The number of rotatable bonds is 7. The predicted octanol–water partition coefficient (Wildman–Crippen LogP) is 3.73. The molecule has 1 aliphatic rings. The van der Waals surface area contributed by atoms with E-state index in [-0.39, 0.29) is 11.7 Å². The van der Waals surface area contributed by atoms with Crippen molar-refractivity contribution in [3.8, 4) is 0 Å². The minimum atomic E-state index is -0.577. The van der Waals surface area contributed by atoms with E-state index in [1.165, 1.54) is 17.7 Å². The molecule has 1 N–H and O–H groups in total. The zero-order valence-corrected chi connectivity index (χ0v) is 16.9. The van der Waals surface area contributed by atoms with Gasteiger partial charge in [0.2, 0.25) is 5.91 Å². The Morgan fingerprint density at radius 3 is 2.60 bits per heavy atom. The molecular formula is C24H26FN3O2. The summed E-state index contributed by atoms with van der Waals surface area (Å²) in [7, 11) is 0. The van der Waals surface area contributed by atoms with Crippen molar-refractivity contribution in [1.29, 1.82) is 0 Å². The van der Waals surface area contributed by atoms with Crippen LogP contribution in [0.15, 0.2) is 67.0 Å². The van der Waals surface area contributed by atoms with Gasteiger partial charge in [-0.15, -0.1) is 0 Å². The smallest absolute Gasteiger partial charge is 0.226 e. The molecule has 0 aliphatic carbocycles. The van der Waals surface area contributed by atoms with Crippen molar-refractivity contribution in [2.75, 3.05) is 13.2 Å². The topological polar surface area (TPSA) is 56.2 Å². The number of nitrogens with zero attached hydrogens (tertiary/aromatic N) is 2. The van der Waals surface area contributed by atoms with Crippen LogP contribution < -0.4 is 5.32 Å². The van der Waals surface area contributed by atoms with Crippen molar-refractivity contribution in [2.24, 2.45) is 5.41 Å². The van der Waals surface area contributed by atoms with E-state index >= 15 is 0 Å². The summed E-state index contributed by atoms with van der Waals surface area (Å²) in [6.45, 7) is 2.19. The average Bonchev–Trinajstić information content (AvgIpc) is 3.20. The first-order valence-corrected chi connectivity index (χ1v) is 10.3. The summed E-state index contributed by atoms with van der Waals surface area (Å²) < 4.78 is 21.0. The quantitative estimate of drug-likeness (QED) is 0.649. The first kappa shape index (κ1) is 20.3. The van der Waals surface area contributed by atoms with Gasteiger partial charge in [-0.25, -0.2) is 4.39 Å². The third kappa shape index (κ3) is 4.94. The molecule has 6 heteroatoms. The van der Waals surface area contributed by atoms with Gasteiger partial charge in [0.1, 0.15) is 5.82 Å². The van der Waals surface area contributed by atoms with Gasteiger partial charge in [0.15, 0.2) is 0 Å². The fourth-order valence-corrected chi connectivity index (χ4v) is 4.01. The fraction of sp³-hybridized carbons (Fsp3) is 0.333. The van der Waals surface area contributed by atoms with Gasteiger partial charge in [-0.1, -0.05) is 42.5 Å². The molecule has 0 unspecified atom stereocenters. The van der Waals surface area contributed by atoms with Crippen molar-refractivity contribution in [2.45, 2.75) is 32.4 Å². The summed E-state index contributed by atoms with van der Waals surface area (Å²) >= 11 is 0. The summed E-state index contributed by atoms with van der Waals surface area (Å²) in [4.78, 5) is 13.2. The van der Waals surface area contributed by atoms with Crippen molar-refractivity contribution in [3.05, 3.63) is 89.5 Å². The maximum absolute atomic E-state index is 13.6. The second-order valence-corrected chi connectivity index (χ2v) is 7.91. The van der Waals surface area contributed by atoms with Gasteiger partial charge in [-0.2, -0.15) is 5.10 Å². The molecule has 1 aromatic heterocycles. The molecule has 2 aromatic carbocycles. The molecular weight excluding hydrogens is 381 g/mol. The monoisotopic (exact) mass is 407 g/mol. The Morgan fingerprint density at radius 1 is 1.07 bits per heavy atom. The molecule has 0 spiro atoms. The third-order valence-electron chi connectivity index (χ3n) is 5.69. The van der Waals surface area contributed by atoms with Crippen molar-refractivity contribution in [3.63, 3.8) is 0 Å². The highest BCUT2D eigenvalue weighted by Gasteiger charge is 2.40. The van der Waals surface area contributed by atoms with Crippen LogP contribution in [0.1, 0.15) is 29.5 Å². The normalized spacial score (nSPS) is 15.6. The minimum Gasteiger partial charge on any atom is -0.381 e. The van der Waals surface area contributed by atoms with E-state index < -0.39 is 5.41 Å². The average molecular weight is 407 g/mol. The number of carbonyl (C=O) groups is 1. The van der Waals surface area contributed by atoms with Crippen molar-refractivity contribution in [1.82, 2.24) is 15.1 Å². The Balaban J connectivity index is 1.40. The molecule has 1 saturated heterocycles. The zero-order valence-electron chi connectivity index (χ0n) is 16.9. The lowest BCUT2D eigenvalue weighted by Gasteiger charge is -2.36. The van der Waals surface area contributed by atoms with Crippen LogP contribution in [-0.4, -0.2) is 28.9 Å². The van der Waals surface area contributed by atoms with Gasteiger partial charge in [0.05, 0.1) is 18.2 Å². The molecule has 5 nitrogen and oxygen atoms in total. The van der Waals surface area contributed by atoms with Crippen LogP contribution >= 0.6 is 0 Å². The molecule has 3 aromatic rings. The number of carbonyl (C=O) groups excluding carboxylic acids is 1. The second-order valence-electron chi connectivity index (χ2n) is 7.91. The molecule has 30 heavy (non-hydrogen) atoms. The van der Waals surface area contributed by atoms with Crippen LogP contribution in [0.25, 0.3) is 0 Å². The van der Waals surface area contributed by atoms with E-state index in [4.69, 9.17) is 4.74 Å². The Kier molecular flexibility index (Phi) is 6.23. The highest BCUT2D eigenvalue weighted by atomic mass is 19.1. The predicted molar refractivity (Wildman–Crippen MR) is 112 cm³/mol. The summed E-state index contributed by atoms with van der Waals surface area (Å²) in [5.74, 6) is -0.285. The van der Waals surface area contributed by atoms with E-state index in [0.29, 0.717) is 45.6 Å². The largest absolute Gasteiger partial charge is 0.381 e. The maximum atomic E-state index is 13.6. The Morgan fingerprint density at radius 2 is 1.83 bits per heavy atom. The lowest BCUT2D eigenvalue weighted by atomic mass is 9.74. The fourth-order valence-electron chi connectivity index (χ4n) is 4.01. The van der Waals surface area contributed by atoms with E-state index in [9.17, 15) is 9.18 Å². The SMILES string of the molecule is O=C(NCc1cnn(Cc2ccccc2)c1)C1(Cc2cccc(F)c2)CCOCC1. The molecule has 0 atom stereocenters. The maximum Gasteiger partial charge on any atom is 0.226 e. The number of aromatic nitrogens is 2. The summed E-state index contributed by atoms with van der Waals surface area (Å²) in [6, 6.07) is 16.6. The van der Waals surface area contributed by atoms with Gasteiger partial charge >= 0.3 is 0 Å². The van der Waals surface area contributed by atoms with E-state index in [0.717, 1.165) is 11.1 Å². The van der Waals surface area contributed by atoms with Crippen LogP contribution in [0.4, 0.5) is 4.39 Å². The zero-order chi connectivity index (χ0) is 20.8. The first-order chi connectivity index (χ1) is 14.6. The molecule has 0 saturated carbocycles. The molecule has 156 valence electrons. The number of benzene rings is 2. The standard InChI is InChI=1S/C24H26FN3O2/c25-22-8-4-7-20(13-22)14-24(9-11-30-12-10-24)23(29)26-15-21-16-27-28(18-21)17-19-5-2-1-3-6-19/h1-8,13,16,18H,9-12,14-15,17H2,(H,26,29). The van der Waals surface area contributed by atoms with E-state index in [2.05, 4.69) is 22.5 Å². The van der Waals surface area contributed by atoms with Crippen molar-refractivity contribution >= 4 is 5.91 Å². The first-order valence-electron chi connectivity index (χ1n) is 10.3. The van der Waals surface area contributed by atoms with E-state index in [1.54, 1.807) is 12.3 Å². The summed E-state index contributed by atoms with van der Waals surface area (Å²) in [5, 5.41) is 7.48. The third-order valence-corrected chi connectivity index (χ3v) is 5.69. The molecule has 0 radical (unpaired) electrons. The minimum absolute atomic E-state index is 0.00845. The number of hydrogen-bond donors (Lipinski definition) is 1. The Labute approximate surface area is 175 Å². The van der Waals surface area contributed by atoms with E-state index in [1.807, 2.05) is 35.1 Å². The molecule has 1 aliphatic heterocycles. The van der Waals surface area contributed by atoms with Crippen LogP contribution in [0.5, 0.6) is 0 Å². The molecule has 2 heterocycles. The Hall–Kier alpha value is -2.99. The number of ether oxygens (including phenoxy) is 1. The molecule has 1 fully saturated rings. The number of halogens is 1. The molecule has 4 rings (SSSR count). The second kappa shape index (κ2) is 9.22. The van der Waals surface area contributed by atoms with Gasteiger partial charge in [-0.05, 0) is 42.5 Å². The van der Waals surface area contributed by atoms with Crippen LogP contribution in [-0.2, 0) is 29.0 Å². The number of amides is 1. The van der Waals surface area contributed by atoms with Gasteiger partial charge < -0.3 is 10.1 Å². The number of hydrogen-bond acceptors (Lipinski definition) is 3. The van der Waals surface area contributed by atoms with Crippen molar-refractivity contribution < 1.29 is 13.9 Å². The van der Waals surface area contributed by atoms with Crippen LogP contribution in [0, 0.1) is 11.2 Å². The number of nitrogens with one attached hydrogen (secondary N) is 1. The van der Waals surface area contributed by atoms with Crippen LogP contribution in [0.3, 0.4) is 0 Å². The highest BCUT2D eigenvalue weighted by Crippen LogP contribution is 2.35.